The molecule has 71 heavy (non-hydrogen) atoms. The third-order valence-corrected chi connectivity index (χ3v) is 13.9. The quantitative estimate of drug-likeness (QED) is 0.155. The zero-order chi connectivity index (χ0) is 51.9. The molecule has 0 fully saturated rings. The van der Waals surface area contributed by atoms with Crippen molar-refractivity contribution in [1.82, 2.24) is 44.1 Å². The van der Waals surface area contributed by atoms with Crippen LogP contribution in [0.25, 0.3) is 22.3 Å². The summed E-state index contributed by atoms with van der Waals surface area (Å²) in [6.45, 7) is 0. The van der Waals surface area contributed by atoms with Gasteiger partial charge in [0, 0.05) is 85.4 Å². The molecule has 8 rings (SSSR count). The summed E-state index contributed by atoms with van der Waals surface area (Å²) in [4.78, 5) is 59.2. The monoisotopic (exact) mass is 1030 g/mol. The fourth-order valence-corrected chi connectivity index (χ4v) is 9.98. The Bertz CT molecular complexity index is 3240. The van der Waals surface area contributed by atoms with E-state index in [9.17, 15) is 36.0 Å². The van der Waals surface area contributed by atoms with Gasteiger partial charge in [-0.3, -0.25) is 28.5 Å². The highest BCUT2D eigenvalue weighted by Gasteiger charge is 2.28. The molecule has 23 heteroatoms. The van der Waals surface area contributed by atoms with Crippen LogP contribution in [-0.2, 0) is 82.3 Å². The maximum Gasteiger partial charge on any atom is 0.283 e. The lowest BCUT2D eigenvalue weighted by Crippen LogP contribution is -2.32. The Morgan fingerprint density at radius 2 is 1.10 bits per heavy atom. The molecule has 0 saturated heterocycles. The van der Waals surface area contributed by atoms with Crippen molar-refractivity contribution in [3.8, 4) is 34.0 Å². The van der Waals surface area contributed by atoms with Gasteiger partial charge in [0.05, 0.1) is 20.6 Å². The minimum Gasteiger partial charge on any atom is -0.481 e. The Morgan fingerprint density at radius 3 is 1.51 bits per heavy atom. The van der Waals surface area contributed by atoms with E-state index in [0.717, 1.165) is 95.2 Å². The Labute approximate surface area is 417 Å². The zero-order valence-electron chi connectivity index (χ0n) is 40.5. The third kappa shape index (κ3) is 12.7. The number of fused-ring (bicyclic) bond motifs is 2. The van der Waals surface area contributed by atoms with Crippen LogP contribution < -0.4 is 19.3 Å². The molecule has 376 valence electrons. The molecule has 2 aliphatic carbocycles. The smallest absolute Gasteiger partial charge is 0.283 e. The normalized spacial score (nSPS) is 12.6. The van der Waals surface area contributed by atoms with Gasteiger partial charge in [-0.05, 0) is 118 Å². The fourth-order valence-electron chi connectivity index (χ4n) is 8.36. The van der Waals surface area contributed by atoms with Gasteiger partial charge >= 0.3 is 0 Å². The van der Waals surface area contributed by atoms with Crippen molar-refractivity contribution in [3.63, 3.8) is 0 Å². The molecule has 3 amide bonds. The van der Waals surface area contributed by atoms with Crippen LogP contribution in [0.3, 0.4) is 0 Å². The van der Waals surface area contributed by atoms with Gasteiger partial charge in [-0.25, -0.2) is 28.2 Å². The van der Waals surface area contributed by atoms with E-state index in [1.165, 1.54) is 51.5 Å². The van der Waals surface area contributed by atoms with Crippen LogP contribution in [-0.4, -0.2) is 122 Å². The summed E-state index contributed by atoms with van der Waals surface area (Å²) in [7, 11) is 4.17. The van der Waals surface area contributed by atoms with Crippen LogP contribution in [0.15, 0.2) is 83.1 Å². The van der Waals surface area contributed by atoms with Gasteiger partial charge in [0.1, 0.15) is 11.4 Å². The molecular formula is C48H55ClN10O10S2. The largest absolute Gasteiger partial charge is 0.481 e. The molecule has 4 heterocycles. The minimum absolute atomic E-state index is 0.0950. The first-order valence-electron chi connectivity index (χ1n) is 22.1. The molecule has 2 aliphatic rings. The number of pyridine rings is 2. The van der Waals surface area contributed by atoms with Crippen LogP contribution in [0, 0.1) is 0 Å². The van der Waals surface area contributed by atoms with Gasteiger partial charge in [-0.2, -0.15) is 18.6 Å². The number of halogens is 1. The van der Waals surface area contributed by atoms with Gasteiger partial charge in [-0.1, -0.05) is 24.3 Å². The summed E-state index contributed by atoms with van der Waals surface area (Å²) in [5, 5.41) is 11.4. The van der Waals surface area contributed by atoms with Crippen molar-refractivity contribution in [2.75, 3.05) is 42.4 Å². The van der Waals surface area contributed by atoms with Crippen LogP contribution in [0.2, 0.25) is 0 Å². The number of primary sulfonamides is 1. The van der Waals surface area contributed by atoms with E-state index in [2.05, 4.69) is 43.1 Å². The molecule has 2 aromatic carbocycles. The van der Waals surface area contributed by atoms with Crippen LogP contribution in [0.4, 0.5) is 0 Å². The number of methoxy groups -OCH3 is 2. The Kier molecular flexibility index (Phi) is 16.8. The second kappa shape index (κ2) is 22.4. The number of amides is 3. The van der Waals surface area contributed by atoms with Crippen LogP contribution >= 0.6 is 11.6 Å². The molecule has 0 bridgehead atoms. The molecular weight excluding hydrogens is 976 g/mol. The van der Waals surface area contributed by atoms with Crippen molar-refractivity contribution in [1.29, 1.82) is 0 Å². The second-order valence-electron chi connectivity index (χ2n) is 17.0. The van der Waals surface area contributed by atoms with Crippen molar-refractivity contribution >= 4 is 54.6 Å². The Morgan fingerprint density at radius 1 is 0.662 bits per heavy atom. The van der Waals surface area contributed by atoms with E-state index in [4.69, 9.17) is 26.2 Å². The van der Waals surface area contributed by atoms with Crippen LogP contribution in [0.5, 0.6) is 11.8 Å². The average molecular weight is 1030 g/mol. The number of sulfonamides is 2. The van der Waals surface area contributed by atoms with Gasteiger partial charge in [0.2, 0.25) is 22.9 Å². The molecule has 0 radical (unpaired) electrons. The maximum absolute atomic E-state index is 13.0. The van der Waals surface area contributed by atoms with Gasteiger partial charge in [0.25, 0.3) is 31.9 Å². The number of nitrogens with zero attached hydrogens (tertiary/aromatic N) is 8. The van der Waals surface area contributed by atoms with Crippen LogP contribution in [0.1, 0.15) is 67.2 Å². The number of rotatable bonds is 13. The van der Waals surface area contributed by atoms with Gasteiger partial charge in [-0.15, -0.1) is 0 Å². The summed E-state index contributed by atoms with van der Waals surface area (Å²) >= 11 is 5.66. The number of benzene rings is 2. The summed E-state index contributed by atoms with van der Waals surface area (Å²) in [5.41, 5.74) is 10.7. The third-order valence-electron chi connectivity index (χ3n) is 11.7. The SMILES string of the molecule is CN(C)C(=O)c1cc(S(N)(=O)=O)nn1C.COc1cc(-c2ccc3c(c2CC(=O)Cl)CCC3)ccn1.COc1cc(-c2ccc3c(c2CC(=O)NS(=O)(=O)c2cc(C(=O)N(C)C)n(C)n2)CCC3)ccn1. The molecule has 0 spiro atoms. The van der Waals surface area contributed by atoms with E-state index >= 15 is 0 Å². The number of hydrogen-bond donors (Lipinski definition) is 2. The van der Waals surface area contributed by atoms with E-state index < -0.39 is 36.9 Å². The first-order chi connectivity index (χ1) is 33.5. The topological polar surface area (TPSA) is 261 Å². The summed E-state index contributed by atoms with van der Waals surface area (Å²) in [6, 6.07) is 18.0. The number of nitrogens with two attached hydrogens (primary N) is 1. The predicted octanol–water partition coefficient (Wildman–Crippen LogP) is 4.05. The predicted molar refractivity (Wildman–Crippen MR) is 264 cm³/mol. The van der Waals surface area contributed by atoms with Gasteiger partial charge < -0.3 is 19.3 Å². The lowest BCUT2D eigenvalue weighted by Gasteiger charge is -2.15. The van der Waals surface area contributed by atoms with Gasteiger partial charge in [0.15, 0.2) is 10.1 Å². The number of aryl methyl sites for hydroxylation is 4. The molecule has 6 aromatic rings. The second-order valence-corrected chi connectivity index (χ2v) is 20.6. The average Bonchev–Trinajstić information content (AvgIpc) is 4.16. The molecule has 20 nitrogen and oxygen atoms in total. The number of nitrogens with one attached hydrogen (secondary N) is 1. The van der Waals surface area contributed by atoms with Crippen molar-refractivity contribution < 1.29 is 45.5 Å². The molecule has 3 N–H and O–H groups in total. The first kappa shape index (κ1) is 53.3. The summed E-state index contributed by atoms with van der Waals surface area (Å²) in [6.07, 6.45) is 9.43. The minimum atomic E-state index is -4.27. The van der Waals surface area contributed by atoms with Crippen molar-refractivity contribution in [3.05, 3.63) is 118 Å². The Hall–Kier alpha value is -7.01. The molecule has 0 saturated carbocycles. The lowest BCUT2D eigenvalue weighted by atomic mass is 9.91. The number of ether oxygens (including phenoxy) is 2. The van der Waals surface area contributed by atoms with E-state index in [-0.39, 0.29) is 40.4 Å². The van der Waals surface area contributed by atoms with E-state index in [1.807, 2.05) is 24.3 Å². The summed E-state index contributed by atoms with van der Waals surface area (Å²) < 4.78 is 62.7. The van der Waals surface area contributed by atoms with Crippen molar-refractivity contribution in [2.24, 2.45) is 19.2 Å². The maximum atomic E-state index is 13.0. The molecule has 0 unspecified atom stereocenters. The summed E-state index contributed by atoms with van der Waals surface area (Å²) in [5.74, 6) is -0.404. The fraction of sp³-hybridized carbons (Fsp3) is 0.333. The van der Waals surface area contributed by atoms with E-state index in [1.54, 1.807) is 53.8 Å². The number of aromatic nitrogens is 6. The first-order valence-corrected chi connectivity index (χ1v) is 25.5. The lowest BCUT2D eigenvalue weighted by molar-refractivity contribution is -0.118. The number of carbonyl (C=O) groups is 4. The number of carbonyl (C=O) groups excluding carboxylic acids is 4. The molecule has 0 atom stereocenters. The van der Waals surface area contributed by atoms with Crippen molar-refractivity contribution in [2.45, 2.75) is 61.4 Å². The molecule has 0 aliphatic heterocycles. The highest BCUT2D eigenvalue weighted by molar-refractivity contribution is 7.90. The van der Waals surface area contributed by atoms with E-state index in [0.29, 0.717) is 11.8 Å². The zero-order valence-corrected chi connectivity index (χ0v) is 42.9. The highest BCUT2D eigenvalue weighted by Crippen LogP contribution is 2.36. The highest BCUT2D eigenvalue weighted by atomic mass is 35.5. The Balaban J connectivity index is 0.000000194. The number of hydrogen-bond acceptors (Lipinski definition) is 14. The molecule has 4 aromatic heterocycles. The standard InChI is InChI=1S/C24H27N5O5S.C17H16ClNO2.C7H12N4O3S/c1-28(2)24(31)20-14-23(26-29(20)3)35(32,33)27-21(30)13-19-17-7-5-6-15(17)8-9-18(19)16-10-11-25-22(12-16)34-4;1-21-17-9-12(7-8-19-17)14-6-5-11-3-2-4-13(11)15(14)10-16(18)20;1-10(2)7(12)5-4-6(9-11(5)3)15(8,13)14/h8-12,14H,5-7,13H2,1-4H3,(H,27,30);5-9H,2-4,10H2,1H3;4H,1-3H3,(H2,8,13,14).